The lowest BCUT2D eigenvalue weighted by Crippen LogP contribution is -2.31. The molecular formula is C22H26F2N4. The molecule has 148 valence electrons. The number of pyridine rings is 2. The van der Waals surface area contributed by atoms with Gasteiger partial charge in [-0.25, -0.2) is 18.7 Å². The first-order valence-electron chi connectivity index (χ1n) is 9.93. The fraction of sp³-hybridized carbons (Fsp3) is 0.455. The Balaban J connectivity index is 1.56. The van der Waals surface area contributed by atoms with Gasteiger partial charge in [0.1, 0.15) is 11.6 Å². The predicted octanol–water partition coefficient (Wildman–Crippen LogP) is 5.75. The Bertz CT molecular complexity index is 855. The number of anilines is 2. The summed E-state index contributed by atoms with van der Waals surface area (Å²) >= 11 is 0. The summed E-state index contributed by atoms with van der Waals surface area (Å²) in [7, 11) is 0. The van der Waals surface area contributed by atoms with Crippen LogP contribution in [0, 0.1) is 0 Å². The SMILES string of the molecule is C=C(C)N1CCC(c2cc(Nc3cc(C(F)F)ccn3)nc(C3CC3)c2)CC1. The zero-order chi connectivity index (χ0) is 19.7. The van der Waals surface area contributed by atoms with Crippen molar-refractivity contribution in [2.45, 2.75) is 50.9 Å². The number of hydrogen-bond acceptors (Lipinski definition) is 4. The van der Waals surface area contributed by atoms with E-state index in [0.717, 1.165) is 37.3 Å². The van der Waals surface area contributed by atoms with Gasteiger partial charge in [-0.05, 0) is 68.4 Å². The van der Waals surface area contributed by atoms with E-state index in [1.807, 2.05) is 0 Å². The molecule has 1 saturated heterocycles. The van der Waals surface area contributed by atoms with Crippen molar-refractivity contribution in [2.75, 3.05) is 18.4 Å². The van der Waals surface area contributed by atoms with Crippen molar-refractivity contribution in [1.82, 2.24) is 14.9 Å². The normalized spacial score (nSPS) is 17.8. The van der Waals surface area contributed by atoms with Gasteiger partial charge in [-0.3, -0.25) is 0 Å². The van der Waals surface area contributed by atoms with Gasteiger partial charge < -0.3 is 10.2 Å². The Morgan fingerprint density at radius 3 is 2.50 bits per heavy atom. The summed E-state index contributed by atoms with van der Waals surface area (Å²) in [5.41, 5.74) is 3.47. The molecule has 1 N–H and O–H groups in total. The van der Waals surface area contributed by atoms with Gasteiger partial charge >= 0.3 is 0 Å². The number of piperidine rings is 1. The van der Waals surface area contributed by atoms with E-state index >= 15 is 0 Å². The molecule has 2 aromatic rings. The molecule has 4 nitrogen and oxygen atoms in total. The summed E-state index contributed by atoms with van der Waals surface area (Å²) in [5.74, 6) is 2.11. The summed E-state index contributed by atoms with van der Waals surface area (Å²) in [6.45, 7) is 8.14. The molecule has 2 aromatic heterocycles. The van der Waals surface area contributed by atoms with Gasteiger partial charge in [0.25, 0.3) is 6.43 Å². The van der Waals surface area contributed by atoms with E-state index in [1.165, 1.54) is 36.7 Å². The molecule has 6 heteroatoms. The molecule has 2 fully saturated rings. The van der Waals surface area contributed by atoms with Gasteiger partial charge in [-0.1, -0.05) is 6.58 Å². The van der Waals surface area contributed by atoms with Gasteiger partial charge in [-0.2, -0.15) is 0 Å². The minimum absolute atomic E-state index is 0.0387. The van der Waals surface area contributed by atoms with Gasteiger partial charge in [-0.15, -0.1) is 0 Å². The van der Waals surface area contributed by atoms with E-state index in [0.29, 0.717) is 23.5 Å². The second kappa shape index (κ2) is 7.86. The van der Waals surface area contributed by atoms with Crippen molar-refractivity contribution in [3.05, 3.63) is 59.6 Å². The largest absolute Gasteiger partial charge is 0.375 e. The van der Waals surface area contributed by atoms with Crippen LogP contribution in [-0.4, -0.2) is 28.0 Å². The van der Waals surface area contributed by atoms with Crippen molar-refractivity contribution in [1.29, 1.82) is 0 Å². The van der Waals surface area contributed by atoms with Crippen molar-refractivity contribution < 1.29 is 8.78 Å². The standard InChI is InChI=1S/C22H26F2N4/c1-14(2)28-9-6-15(7-10-28)18-11-19(16-3-4-16)26-21(13-18)27-20-12-17(22(23)24)5-8-25-20/h5,8,11-13,15-16,22H,1,3-4,6-7,9-10H2,2H3,(H,25,26,27). The third-order valence-corrected chi connectivity index (χ3v) is 5.66. The molecule has 1 aliphatic carbocycles. The zero-order valence-electron chi connectivity index (χ0n) is 16.2. The second-order valence-electron chi connectivity index (χ2n) is 7.88. The number of hydrogen-bond donors (Lipinski definition) is 1. The van der Waals surface area contributed by atoms with Crippen LogP contribution < -0.4 is 5.32 Å². The van der Waals surface area contributed by atoms with Gasteiger partial charge in [0.05, 0.1) is 0 Å². The Morgan fingerprint density at radius 1 is 1.11 bits per heavy atom. The predicted molar refractivity (Wildman–Crippen MR) is 107 cm³/mol. The van der Waals surface area contributed by atoms with Crippen LogP contribution in [0.5, 0.6) is 0 Å². The Morgan fingerprint density at radius 2 is 1.86 bits per heavy atom. The number of allylic oxidation sites excluding steroid dienone is 1. The molecule has 0 spiro atoms. The maximum Gasteiger partial charge on any atom is 0.264 e. The quantitative estimate of drug-likeness (QED) is 0.689. The molecule has 2 aliphatic rings. The number of alkyl halides is 2. The summed E-state index contributed by atoms with van der Waals surface area (Å²) in [6.07, 6.45) is 3.40. The molecule has 0 atom stereocenters. The molecule has 1 saturated carbocycles. The number of halogens is 2. The van der Waals surface area contributed by atoms with E-state index in [2.05, 4.69) is 40.8 Å². The number of aromatic nitrogens is 2. The molecule has 0 radical (unpaired) electrons. The highest BCUT2D eigenvalue weighted by Gasteiger charge is 2.28. The Kier molecular flexibility index (Phi) is 5.29. The van der Waals surface area contributed by atoms with Crippen molar-refractivity contribution in [2.24, 2.45) is 0 Å². The smallest absolute Gasteiger partial charge is 0.264 e. The zero-order valence-corrected chi connectivity index (χ0v) is 16.2. The van der Waals surface area contributed by atoms with Gasteiger partial charge in [0.15, 0.2) is 0 Å². The summed E-state index contributed by atoms with van der Waals surface area (Å²) < 4.78 is 26.0. The van der Waals surface area contributed by atoms with Crippen molar-refractivity contribution in [3.63, 3.8) is 0 Å². The third-order valence-electron chi connectivity index (χ3n) is 5.66. The molecule has 3 heterocycles. The molecule has 1 aliphatic heterocycles. The van der Waals surface area contributed by atoms with E-state index in [1.54, 1.807) is 0 Å². The molecule has 0 bridgehead atoms. The summed E-state index contributed by atoms with van der Waals surface area (Å²) in [5, 5.41) is 3.15. The summed E-state index contributed by atoms with van der Waals surface area (Å²) in [6, 6.07) is 7.03. The fourth-order valence-electron chi connectivity index (χ4n) is 3.84. The highest BCUT2D eigenvalue weighted by atomic mass is 19.3. The lowest BCUT2D eigenvalue weighted by molar-refractivity contribution is 0.151. The molecule has 0 unspecified atom stereocenters. The molecule has 4 rings (SSSR count). The molecule has 0 aromatic carbocycles. The minimum Gasteiger partial charge on any atom is -0.375 e. The van der Waals surface area contributed by atoms with Crippen LogP contribution in [0.2, 0.25) is 0 Å². The highest BCUT2D eigenvalue weighted by molar-refractivity contribution is 5.54. The fourth-order valence-corrected chi connectivity index (χ4v) is 3.84. The number of likely N-dealkylation sites (tertiary alicyclic amines) is 1. The first kappa shape index (κ1) is 18.8. The van der Waals surface area contributed by atoms with E-state index < -0.39 is 6.43 Å². The van der Waals surface area contributed by atoms with Crippen LogP contribution in [0.4, 0.5) is 20.4 Å². The van der Waals surface area contributed by atoms with Crippen LogP contribution in [-0.2, 0) is 0 Å². The third kappa shape index (κ3) is 4.32. The average Bonchev–Trinajstić information content (AvgIpc) is 3.53. The number of nitrogens with zero attached hydrogens (tertiary/aromatic N) is 3. The Hall–Kier alpha value is -2.50. The van der Waals surface area contributed by atoms with E-state index in [4.69, 9.17) is 4.98 Å². The van der Waals surface area contributed by atoms with Crippen LogP contribution >= 0.6 is 0 Å². The van der Waals surface area contributed by atoms with Crippen LogP contribution in [0.3, 0.4) is 0 Å². The molecular weight excluding hydrogens is 358 g/mol. The number of nitrogens with one attached hydrogen (secondary N) is 1. The maximum atomic E-state index is 13.0. The van der Waals surface area contributed by atoms with Crippen LogP contribution in [0.25, 0.3) is 0 Å². The van der Waals surface area contributed by atoms with Crippen LogP contribution in [0.15, 0.2) is 42.7 Å². The number of rotatable bonds is 6. The maximum absolute atomic E-state index is 13.0. The molecule has 0 amide bonds. The highest BCUT2D eigenvalue weighted by Crippen LogP contribution is 2.41. The molecule has 28 heavy (non-hydrogen) atoms. The van der Waals surface area contributed by atoms with Crippen molar-refractivity contribution >= 4 is 11.6 Å². The van der Waals surface area contributed by atoms with E-state index in [-0.39, 0.29) is 5.56 Å². The van der Waals surface area contributed by atoms with Crippen molar-refractivity contribution in [3.8, 4) is 0 Å². The minimum atomic E-state index is -2.51. The van der Waals surface area contributed by atoms with Gasteiger partial charge in [0.2, 0.25) is 0 Å². The first-order chi connectivity index (χ1) is 13.5. The average molecular weight is 384 g/mol. The van der Waals surface area contributed by atoms with E-state index in [9.17, 15) is 8.78 Å². The second-order valence-corrected chi connectivity index (χ2v) is 7.88. The Labute approximate surface area is 164 Å². The van der Waals surface area contributed by atoms with Gasteiger partial charge in [0, 0.05) is 42.2 Å². The van der Waals surface area contributed by atoms with Crippen LogP contribution in [0.1, 0.15) is 67.7 Å². The lowest BCUT2D eigenvalue weighted by Gasteiger charge is -2.34. The first-order valence-corrected chi connectivity index (χ1v) is 9.93. The lowest BCUT2D eigenvalue weighted by atomic mass is 9.89. The summed E-state index contributed by atoms with van der Waals surface area (Å²) in [4.78, 5) is 11.2. The monoisotopic (exact) mass is 384 g/mol. The topological polar surface area (TPSA) is 41.0 Å².